The normalized spacial score (nSPS) is 10.3. The van der Waals surface area contributed by atoms with Crippen LogP contribution in [0.3, 0.4) is 0 Å². The van der Waals surface area contributed by atoms with Crippen LogP contribution in [0.15, 0.2) is 54.6 Å². The lowest BCUT2D eigenvalue weighted by Gasteiger charge is -2.10. The highest BCUT2D eigenvalue weighted by Crippen LogP contribution is 2.20. The molecule has 0 amide bonds. The van der Waals surface area contributed by atoms with Gasteiger partial charge in [-0.1, -0.05) is 12.1 Å². The van der Waals surface area contributed by atoms with Crippen LogP contribution in [0.5, 0.6) is 0 Å². The fraction of sp³-hybridized carbons (Fsp3) is 0.0556. The van der Waals surface area contributed by atoms with Crippen molar-refractivity contribution in [2.24, 2.45) is 0 Å². The Balaban J connectivity index is 1.84. The Morgan fingerprint density at radius 3 is 2.44 bits per heavy atom. The van der Waals surface area contributed by atoms with E-state index in [0.29, 0.717) is 28.8 Å². The lowest BCUT2D eigenvalue weighted by Crippen LogP contribution is -2.03. The van der Waals surface area contributed by atoms with E-state index < -0.39 is 5.97 Å². The number of nitrogens with one attached hydrogen (secondary N) is 2. The molecule has 0 bridgehead atoms. The van der Waals surface area contributed by atoms with Gasteiger partial charge in [-0.2, -0.15) is 4.98 Å². The first kappa shape index (κ1) is 16.4. The molecule has 1 aromatic heterocycles. The van der Waals surface area contributed by atoms with E-state index in [9.17, 15) is 9.18 Å². The Morgan fingerprint density at radius 2 is 1.72 bits per heavy atom. The zero-order valence-electron chi connectivity index (χ0n) is 13.3. The van der Waals surface area contributed by atoms with Crippen molar-refractivity contribution < 1.29 is 14.3 Å². The maximum absolute atomic E-state index is 13.3. The van der Waals surface area contributed by atoms with Gasteiger partial charge in [-0.05, 0) is 43.3 Å². The summed E-state index contributed by atoms with van der Waals surface area (Å²) in [5, 5.41) is 15.1. The highest BCUT2D eigenvalue weighted by molar-refractivity contribution is 5.89. The molecular weight excluding hydrogens is 323 g/mol. The molecule has 0 radical (unpaired) electrons. The Morgan fingerprint density at radius 1 is 1.00 bits per heavy atom. The van der Waals surface area contributed by atoms with Gasteiger partial charge in [0.25, 0.3) is 0 Å². The van der Waals surface area contributed by atoms with Crippen LogP contribution in [-0.4, -0.2) is 21.0 Å². The second-order valence-corrected chi connectivity index (χ2v) is 5.36. The smallest absolute Gasteiger partial charge is 0.335 e. The number of aromatic carboxylic acids is 1. The van der Waals surface area contributed by atoms with Crippen molar-refractivity contribution in [3.05, 3.63) is 71.7 Å². The molecule has 0 spiro atoms. The lowest BCUT2D eigenvalue weighted by molar-refractivity contribution is 0.0697. The molecule has 0 saturated heterocycles. The Labute approximate surface area is 143 Å². The number of carboxylic acid groups (broad SMARTS) is 1. The molecule has 126 valence electrons. The number of aryl methyl sites for hydroxylation is 1. The fourth-order valence-electron chi connectivity index (χ4n) is 2.26. The van der Waals surface area contributed by atoms with Crippen LogP contribution in [0.2, 0.25) is 0 Å². The first-order valence-corrected chi connectivity index (χ1v) is 7.48. The maximum Gasteiger partial charge on any atom is 0.335 e. The van der Waals surface area contributed by atoms with E-state index in [2.05, 4.69) is 20.6 Å². The molecular formula is C18H15FN4O2. The fourth-order valence-corrected chi connectivity index (χ4v) is 2.26. The second kappa shape index (κ2) is 6.96. The first-order valence-electron chi connectivity index (χ1n) is 7.48. The average Bonchev–Trinajstić information content (AvgIpc) is 2.54. The SMILES string of the molecule is Cc1cc(Nc2cccc(C(=O)O)c2)nc(Nc2cccc(F)c2)n1. The van der Waals surface area contributed by atoms with E-state index in [0.717, 1.165) is 0 Å². The van der Waals surface area contributed by atoms with Crippen molar-refractivity contribution in [3.8, 4) is 0 Å². The molecule has 1 heterocycles. The second-order valence-electron chi connectivity index (χ2n) is 5.36. The molecule has 0 atom stereocenters. The van der Waals surface area contributed by atoms with Crippen molar-refractivity contribution in [2.45, 2.75) is 6.92 Å². The molecule has 2 aromatic carbocycles. The number of anilines is 4. The van der Waals surface area contributed by atoms with Crippen molar-refractivity contribution in [1.82, 2.24) is 9.97 Å². The quantitative estimate of drug-likeness (QED) is 0.649. The summed E-state index contributed by atoms with van der Waals surface area (Å²) in [5.41, 5.74) is 2.00. The summed E-state index contributed by atoms with van der Waals surface area (Å²) in [7, 11) is 0. The highest BCUT2D eigenvalue weighted by Gasteiger charge is 2.06. The summed E-state index contributed by atoms with van der Waals surface area (Å²) < 4.78 is 13.3. The van der Waals surface area contributed by atoms with Crippen LogP contribution < -0.4 is 10.6 Å². The summed E-state index contributed by atoms with van der Waals surface area (Å²) in [6.45, 7) is 1.80. The van der Waals surface area contributed by atoms with Gasteiger partial charge >= 0.3 is 5.97 Å². The summed E-state index contributed by atoms with van der Waals surface area (Å²) in [5.74, 6) is -0.561. The molecule has 3 rings (SSSR count). The van der Waals surface area contributed by atoms with Crippen LogP contribution in [0.25, 0.3) is 0 Å². The first-order chi connectivity index (χ1) is 12.0. The topological polar surface area (TPSA) is 87.1 Å². The molecule has 0 unspecified atom stereocenters. The molecule has 0 aliphatic carbocycles. The maximum atomic E-state index is 13.3. The van der Waals surface area contributed by atoms with Crippen LogP contribution in [0, 0.1) is 12.7 Å². The molecule has 25 heavy (non-hydrogen) atoms. The zero-order valence-corrected chi connectivity index (χ0v) is 13.3. The van der Waals surface area contributed by atoms with Gasteiger partial charge in [0.15, 0.2) is 0 Å². The number of nitrogens with zero attached hydrogens (tertiary/aromatic N) is 2. The number of benzene rings is 2. The summed E-state index contributed by atoms with van der Waals surface area (Å²) in [4.78, 5) is 19.6. The number of halogens is 1. The van der Waals surface area contributed by atoms with E-state index in [1.54, 1.807) is 37.3 Å². The van der Waals surface area contributed by atoms with E-state index in [1.165, 1.54) is 24.3 Å². The number of hydrogen-bond donors (Lipinski definition) is 3. The number of hydrogen-bond acceptors (Lipinski definition) is 5. The molecule has 0 aliphatic heterocycles. The van der Waals surface area contributed by atoms with Crippen molar-refractivity contribution in [3.63, 3.8) is 0 Å². The average molecular weight is 338 g/mol. The predicted octanol–water partition coefficient (Wildman–Crippen LogP) is 4.11. The molecule has 3 aromatic rings. The van der Waals surface area contributed by atoms with Crippen molar-refractivity contribution >= 4 is 29.1 Å². The number of carboxylic acids is 1. The van der Waals surface area contributed by atoms with Gasteiger partial charge in [-0.3, -0.25) is 0 Å². The van der Waals surface area contributed by atoms with Crippen LogP contribution >= 0.6 is 0 Å². The summed E-state index contributed by atoms with van der Waals surface area (Å²) >= 11 is 0. The zero-order chi connectivity index (χ0) is 17.8. The molecule has 7 heteroatoms. The molecule has 3 N–H and O–H groups in total. The van der Waals surface area contributed by atoms with E-state index in [4.69, 9.17) is 5.11 Å². The van der Waals surface area contributed by atoms with Gasteiger partial charge in [-0.15, -0.1) is 0 Å². The minimum Gasteiger partial charge on any atom is -0.478 e. The van der Waals surface area contributed by atoms with Gasteiger partial charge < -0.3 is 15.7 Å². The third-order valence-corrected chi connectivity index (χ3v) is 3.32. The van der Waals surface area contributed by atoms with Gasteiger partial charge in [-0.25, -0.2) is 14.2 Å². The predicted molar refractivity (Wildman–Crippen MR) is 93.1 cm³/mol. The molecule has 0 aliphatic rings. The third-order valence-electron chi connectivity index (χ3n) is 3.32. The van der Waals surface area contributed by atoms with Gasteiger partial charge in [0.05, 0.1) is 5.56 Å². The van der Waals surface area contributed by atoms with Crippen LogP contribution in [0.4, 0.5) is 27.5 Å². The van der Waals surface area contributed by atoms with Gasteiger partial charge in [0.2, 0.25) is 5.95 Å². The Kier molecular flexibility index (Phi) is 4.56. The van der Waals surface area contributed by atoms with E-state index in [1.807, 2.05) is 0 Å². The van der Waals surface area contributed by atoms with Crippen molar-refractivity contribution in [1.29, 1.82) is 0 Å². The highest BCUT2D eigenvalue weighted by atomic mass is 19.1. The lowest BCUT2D eigenvalue weighted by atomic mass is 10.2. The summed E-state index contributed by atoms with van der Waals surface area (Å²) in [6.07, 6.45) is 0. The number of rotatable bonds is 5. The largest absolute Gasteiger partial charge is 0.478 e. The molecule has 0 fully saturated rings. The van der Waals surface area contributed by atoms with Crippen LogP contribution in [-0.2, 0) is 0 Å². The van der Waals surface area contributed by atoms with E-state index >= 15 is 0 Å². The summed E-state index contributed by atoms with van der Waals surface area (Å²) in [6, 6.07) is 14.1. The van der Waals surface area contributed by atoms with Crippen molar-refractivity contribution in [2.75, 3.05) is 10.6 Å². The number of aromatic nitrogens is 2. The molecule has 0 saturated carbocycles. The van der Waals surface area contributed by atoms with Gasteiger partial charge in [0.1, 0.15) is 11.6 Å². The Hall–Kier alpha value is -3.48. The molecule has 6 nitrogen and oxygen atoms in total. The Bertz CT molecular complexity index is 930. The number of carbonyl (C=O) groups is 1. The monoisotopic (exact) mass is 338 g/mol. The van der Waals surface area contributed by atoms with Crippen LogP contribution in [0.1, 0.15) is 16.1 Å². The van der Waals surface area contributed by atoms with Gasteiger partial charge in [0, 0.05) is 23.1 Å². The standard InChI is InChI=1S/C18H15FN4O2/c1-11-8-16(21-14-6-2-4-12(9-14)17(24)25)23-18(20-11)22-15-7-3-5-13(19)10-15/h2-10H,1H3,(H,24,25)(H2,20,21,22,23). The minimum atomic E-state index is -1.00. The minimum absolute atomic E-state index is 0.175. The third kappa shape index (κ3) is 4.29. The van der Waals surface area contributed by atoms with E-state index in [-0.39, 0.29) is 11.4 Å².